The molecule has 2 rings (SSSR count). The molecule has 2 unspecified atom stereocenters. The lowest BCUT2D eigenvalue weighted by atomic mass is 10.2. The normalized spacial score (nSPS) is 21.2. The molecule has 0 aliphatic carbocycles. The van der Waals surface area contributed by atoms with Crippen LogP contribution in [-0.2, 0) is 4.79 Å². The van der Waals surface area contributed by atoms with Gasteiger partial charge in [0.25, 0.3) is 0 Å². The predicted octanol–water partition coefficient (Wildman–Crippen LogP) is 1.06. The molecule has 1 amide bonds. The number of β-amino-alcohol motifs (C(OH)–C–C–N with tert-alkyl or cyclic N) is 1. The van der Waals surface area contributed by atoms with E-state index in [0.29, 0.717) is 6.54 Å². The number of methoxy groups -OCH3 is 1. The van der Waals surface area contributed by atoms with Crippen LogP contribution in [0.3, 0.4) is 0 Å². The number of hydrogen-bond acceptors (Lipinski definition) is 4. The highest BCUT2D eigenvalue weighted by Gasteiger charge is 2.28. The smallest absolute Gasteiger partial charge is 0.241 e. The van der Waals surface area contributed by atoms with E-state index in [9.17, 15) is 18.7 Å². The zero-order chi connectivity index (χ0) is 14.0. The highest BCUT2D eigenvalue weighted by Crippen LogP contribution is 2.25. The van der Waals surface area contributed by atoms with Gasteiger partial charge in [-0.25, -0.2) is 8.78 Å². The molecule has 112 valence electrons. The van der Waals surface area contributed by atoms with Gasteiger partial charge >= 0.3 is 0 Å². The van der Waals surface area contributed by atoms with E-state index in [0.717, 1.165) is 19.2 Å². The van der Waals surface area contributed by atoms with E-state index in [2.05, 4.69) is 15.4 Å². The first-order valence-corrected chi connectivity index (χ1v) is 5.76. The fraction of sp³-hybridized carbons (Fsp3) is 0.417. The van der Waals surface area contributed by atoms with Crippen LogP contribution in [0.4, 0.5) is 14.5 Å². The van der Waals surface area contributed by atoms with Crippen molar-refractivity contribution in [1.82, 2.24) is 5.32 Å². The highest BCUT2D eigenvalue weighted by molar-refractivity contribution is 5.95. The molecule has 1 aliphatic heterocycles. The largest absolute Gasteiger partial charge is 0.491 e. The summed E-state index contributed by atoms with van der Waals surface area (Å²) in [7, 11) is 1.16. The number of rotatable bonds is 3. The molecule has 1 fully saturated rings. The summed E-state index contributed by atoms with van der Waals surface area (Å²) in [5, 5.41) is 14.5. The Balaban J connectivity index is 0.00000200. The highest BCUT2D eigenvalue weighted by atomic mass is 35.5. The molecule has 5 nitrogen and oxygen atoms in total. The van der Waals surface area contributed by atoms with Crippen molar-refractivity contribution in [2.75, 3.05) is 19.0 Å². The van der Waals surface area contributed by atoms with Gasteiger partial charge < -0.3 is 20.5 Å². The molecule has 1 aromatic carbocycles. The first-order valence-electron chi connectivity index (χ1n) is 5.76. The molecule has 0 bridgehead atoms. The van der Waals surface area contributed by atoms with Gasteiger partial charge in [0.2, 0.25) is 5.91 Å². The number of nitrogens with one attached hydrogen (secondary N) is 2. The lowest BCUT2D eigenvalue weighted by Gasteiger charge is -2.12. The maximum atomic E-state index is 13.4. The Kier molecular flexibility index (Phi) is 5.67. The van der Waals surface area contributed by atoms with E-state index in [1.807, 2.05) is 0 Å². The van der Waals surface area contributed by atoms with Crippen molar-refractivity contribution in [3.8, 4) is 5.75 Å². The van der Waals surface area contributed by atoms with E-state index < -0.39 is 35.4 Å². The van der Waals surface area contributed by atoms with Crippen LogP contribution in [0.25, 0.3) is 0 Å². The van der Waals surface area contributed by atoms with E-state index in [1.165, 1.54) is 0 Å². The Morgan fingerprint density at radius 3 is 2.50 bits per heavy atom. The zero-order valence-electron chi connectivity index (χ0n) is 10.7. The Morgan fingerprint density at radius 2 is 2.05 bits per heavy atom. The number of carbonyl (C=O) groups is 1. The van der Waals surface area contributed by atoms with Crippen LogP contribution in [0.5, 0.6) is 5.75 Å². The van der Waals surface area contributed by atoms with Crippen LogP contribution < -0.4 is 15.4 Å². The van der Waals surface area contributed by atoms with Crippen LogP contribution in [0, 0.1) is 11.6 Å². The third kappa shape index (κ3) is 3.56. The Morgan fingerprint density at radius 1 is 1.45 bits per heavy atom. The van der Waals surface area contributed by atoms with E-state index in [4.69, 9.17) is 0 Å². The van der Waals surface area contributed by atoms with Gasteiger partial charge in [0.05, 0.1) is 19.3 Å². The van der Waals surface area contributed by atoms with E-state index >= 15 is 0 Å². The second-order valence-corrected chi connectivity index (χ2v) is 4.31. The van der Waals surface area contributed by atoms with Gasteiger partial charge in [0.15, 0.2) is 17.4 Å². The summed E-state index contributed by atoms with van der Waals surface area (Å²) in [4.78, 5) is 11.8. The molecular weight excluding hydrogens is 294 g/mol. The number of anilines is 1. The molecule has 8 heteroatoms. The van der Waals surface area contributed by atoms with Crippen LogP contribution in [0.2, 0.25) is 0 Å². The van der Waals surface area contributed by atoms with E-state index in [-0.39, 0.29) is 24.5 Å². The van der Waals surface area contributed by atoms with Gasteiger partial charge in [-0.1, -0.05) is 0 Å². The number of aliphatic hydroxyl groups is 1. The zero-order valence-corrected chi connectivity index (χ0v) is 11.5. The molecule has 0 aromatic heterocycles. The van der Waals surface area contributed by atoms with Crippen molar-refractivity contribution in [2.45, 2.75) is 18.6 Å². The number of ether oxygens (including phenoxy) is 1. The van der Waals surface area contributed by atoms with Gasteiger partial charge in [-0.05, 0) is 6.42 Å². The second-order valence-electron chi connectivity index (χ2n) is 4.31. The van der Waals surface area contributed by atoms with Crippen LogP contribution >= 0.6 is 12.4 Å². The number of aliphatic hydroxyl groups excluding tert-OH is 1. The number of amides is 1. The Bertz CT molecular complexity index is 479. The molecule has 1 saturated heterocycles. The molecule has 1 aliphatic rings. The maximum Gasteiger partial charge on any atom is 0.241 e. The standard InChI is InChI=1S/C12H14F2N2O3.ClH/c1-19-11-8(13)2-6(3-9(11)14)16-12(18)10-4-7(17)5-15-10;/h2-3,7,10,15,17H,4-5H2,1H3,(H,16,18);1H. The topological polar surface area (TPSA) is 70.6 Å². The van der Waals surface area contributed by atoms with Crippen molar-refractivity contribution in [2.24, 2.45) is 0 Å². The average Bonchev–Trinajstić information content (AvgIpc) is 2.75. The molecule has 0 saturated carbocycles. The van der Waals surface area contributed by atoms with Crippen LogP contribution in [0.1, 0.15) is 6.42 Å². The molecule has 3 N–H and O–H groups in total. The Hall–Kier alpha value is -1.44. The lowest BCUT2D eigenvalue weighted by molar-refractivity contribution is -0.117. The molecular formula is C12H15ClF2N2O3. The summed E-state index contributed by atoms with van der Waals surface area (Å²) in [5.74, 6) is -2.72. The second kappa shape index (κ2) is 6.83. The Labute approximate surface area is 120 Å². The van der Waals surface area contributed by atoms with E-state index in [1.54, 1.807) is 0 Å². The SMILES string of the molecule is COc1c(F)cc(NC(=O)C2CC(O)CN2)cc1F.Cl. The third-order valence-corrected chi connectivity index (χ3v) is 2.89. The fourth-order valence-corrected chi connectivity index (χ4v) is 1.97. The molecule has 20 heavy (non-hydrogen) atoms. The third-order valence-electron chi connectivity index (χ3n) is 2.89. The molecule has 1 aromatic rings. The molecule has 1 heterocycles. The molecule has 0 radical (unpaired) electrons. The fourth-order valence-electron chi connectivity index (χ4n) is 1.97. The minimum atomic E-state index is -0.891. The molecule has 2 atom stereocenters. The summed E-state index contributed by atoms with van der Waals surface area (Å²) in [6, 6.07) is 1.39. The van der Waals surface area contributed by atoms with Gasteiger partial charge in [-0.3, -0.25) is 4.79 Å². The van der Waals surface area contributed by atoms with Crippen molar-refractivity contribution in [3.63, 3.8) is 0 Å². The summed E-state index contributed by atoms with van der Waals surface area (Å²) < 4.78 is 31.4. The quantitative estimate of drug-likeness (QED) is 0.781. The van der Waals surface area contributed by atoms with Crippen LogP contribution in [-0.4, -0.2) is 36.8 Å². The van der Waals surface area contributed by atoms with Gasteiger partial charge in [0.1, 0.15) is 0 Å². The molecule has 0 spiro atoms. The van der Waals surface area contributed by atoms with Gasteiger partial charge in [0, 0.05) is 24.4 Å². The van der Waals surface area contributed by atoms with Gasteiger partial charge in [-0.15, -0.1) is 12.4 Å². The average molecular weight is 309 g/mol. The first-order chi connectivity index (χ1) is 9.01. The number of halogens is 3. The van der Waals surface area contributed by atoms with Crippen molar-refractivity contribution in [1.29, 1.82) is 0 Å². The first kappa shape index (κ1) is 16.6. The summed E-state index contributed by atoms with van der Waals surface area (Å²) in [6.45, 7) is 0.323. The summed E-state index contributed by atoms with van der Waals surface area (Å²) >= 11 is 0. The number of benzene rings is 1. The summed E-state index contributed by atoms with van der Waals surface area (Å²) in [5.41, 5.74) is 0.00369. The lowest BCUT2D eigenvalue weighted by Crippen LogP contribution is -2.35. The predicted molar refractivity (Wildman–Crippen MR) is 71.2 cm³/mol. The number of carbonyl (C=O) groups excluding carboxylic acids is 1. The minimum Gasteiger partial charge on any atom is -0.491 e. The maximum absolute atomic E-state index is 13.4. The van der Waals surface area contributed by atoms with Crippen molar-refractivity contribution >= 4 is 24.0 Å². The monoisotopic (exact) mass is 308 g/mol. The van der Waals surface area contributed by atoms with Crippen molar-refractivity contribution < 1.29 is 23.4 Å². The minimum absolute atomic E-state index is 0. The number of hydrogen-bond donors (Lipinski definition) is 3. The summed E-state index contributed by atoms with van der Waals surface area (Å²) in [6.07, 6.45) is -0.312. The van der Waals surface area contributed by atoms with Gasteiger partial charge in [-0.2, -0.15) is 0 Å². The van der Waals surface area contributed by atoms with Crippen LogP contribution in [0.15, 0.2) is 12.1 Å². The van der Waals surface area contributed by atoms with Crippen molar-refractivity contribution in [3.05, 3.63) is 23.8 Å².